The minimum Gasteiger partial charge on any atom is -0.462 e. The molecule has 0 saturated heterocycles. The van der Waals surface area contributed by atoms with Crippen LogP contribution in [0.25, 0.3) is 5.65 Å². The summed E-state index contributed by atoms with van der Waals surface area (Å²) < 4.78 is 6.76. The minimum absolute atomic E-state index is 0.342. The molecule has 5 nitrogen and oxygen atoms in total. The average molecular weight is 265 g/mol. The Hall–Kier alpha value is -1.56. The van der Waals surface area contributed by atoms with Crippen LogP contribution in [-0.2, 0) is 4.74 Å². The van der Waals surface area contributed by atoms with Crippen LogP contribution in [0, 0.1) is 13.8 Å². The fourth-order valence-electron chi connectivity index (χ4n) is 1.83. The van der Waals surface area contributed by atoms with Crippen LogP contribution in [0.2, 0.25) is 0 Å². The van der Waals surface area contributed by atoms with E-state index in [0.717, 1.165) is 11.4 Å². The molecule has 0 unspecified atom stereocenters. The number of nitrogens with zero attached hydrogens (tertiary/aromatic N) is 3. The van der Waals surface area contributed by atoms with Crippen molar-refractivity contribution in [2.45, 2.75) is 25.8 Å². The summed E-state index contributed by atoms with van der Waals surface area (Å²) in [6.07, 6.45) is 1.88. The van der Waals surface area contributed by atoms with Crippen molar-refractivity contribution in [3.05, 3.63) is 23.0 Å². The van der Waals surface area contributed by atoms with Gasteiger partial charge in [0.25, 0.3) is 0 Å². The maximum atomic E-state index is 12.0. The number of carbonyl (C=O) groups excluding carboxylic acids is 1. The zero-order valence-corrected chi connectivity index (χ0v) is 11.7. The van der Waals surface area contributed by atoms with Gasteiger partial charge in [-0.25, -0.2) is 14.3 Å². The number of aromatic nitrogens is 3. The number of ether oxygens (including phenoxy) is 1. The van der Waals surface area contributed by atoms with Gasteiger partial charge in [0, 0.05) is 11.4 Å². The molecule has 0 bridgehead atoms. The van der Waals surface area contributed by atoms with E-state index < -0.39 is 0 Å². The van der Waals surface area contributed by atoms with Gasteiger partial charge >= 0.3 is 5.97 Å². The summed E-state index contributed by atoms with van der Waals surface area (Å²) in [5.41, 5.74) is 2.83. The van der Waals surface area contributed by atoms with Gasteiger partial charge in [0.05, 0.1) is 6.61 Å². The zero-order valence-electron chi connectivity index (χ0n) is 10.9. The Labute approximate surface area is 110 Å². The van der Waals surface area contributed by atoms with Crippen molar-refractivity contribution in [2.24, 2.45) is 0 Å². The molecule has 6 heteroatoms. The molecule has 2 rings (SSSR count). The lowest BCUT2D eigenvalue weighted by atomic mass is 10.3. The van der Waals surface area contributed by atoms with E-state index in [1.807, 2.05) is 26.2 Å². The number of thioether (sulfide) groups is 1. The Morgan fingerprint density at radius 1 is 1.50 bits per heavy atom. The Balaban J connectivity index is 2.72. The number of rotatable bonds is 3. The summed E-state index contributed by atoms with van der Waals surface area (Å²) in [5, 5.41) is 5.04. The normalized spacial score (nSPS) is 10.9. The Bertz CT molecular complexity index is 607. The first-order chi connectivity index (χ1) is 8.58. The molecule has 0 N–H and O–H groups in total. The van der Waals surface area contributed by atoms with Crippen LogP contribution in [0.3, 0.4) is 0 Å². The molecular formula is C12H15N3O2S. The lowest BCUT2D eigenvalue weighted by Crippen LogP contribution is -2.06. The number of aryl methyl sites for hydroxylation is 2. The lowest BCUT2D eigenvalue weighted by molar-refractivity contribution is 0.0524. The van der Waals surface area contributed by atoms with Gasteiger partial charge in [-0.15, -0.1) is 11.8 Å². The fourth-order valence-corrected chi connectivity index (χ4v) is 2.37. The first kappa shape index (κ1) is 12.9. The van der Waals surface area contributed by atoms with Crippen LogP contribution >= 0.6 is 11.8 Å². The molecular weight excluding hydrogens is 250 g/mol. The minimum atomic E-state index is -0.366. The second-order valence-corrected chi connectivity index (χ2v) is 4.67. The van der Waals surface area contributed by atoms with Gasteiger partial charge < -0.3 is 4.74 Å². The summed E-state index contributed by atoms with van der Waals surface area (Å²) in [6.45, 7) is 5.96. The van der Waals surface area contributed by atoms with E-state index in [0.29, 0.717) is 22.8 Å². The van der Waals surface area contributed by atoms with Gasteiger partial charge in [-0.2, -0.15) is 5.10 Å². The zero-order chi connectivity index (χ0) is 13.3. The SMILES string of the molecule is CCOC(=O)c1c(SC)nn2c(C)cc(C)nc12. The third-order valence-electron chi connectivity index (χ3n) is 2.54. The molecule has 96 valence electrons. The van der Waals surface area contributed by atoms with E-state index in [9.17, 15) is 4.79 Å². The fraction of sp³-hybridized carbons (Fsp3) is 0.417. The van der Waals surface area contributed by atoms with E-state index in [-0.39, 0.29) is 5.97 Å². The van der Waals surface area contributed by atoms with Crippen molar-refractivity contribution in [1.29, 1.82) is 0 Å². The van der Waals surface area contributed by atoms with Crippen LogP contribution in [0.5, 0.6) is 0 Å². The standard InChI is InChI=1S/C12H15N3O2S/c1-5-17-12(16)9-10-13-7(2)6-8(3)15(10)14-11(9)18-4/h6H,5H2,1-4H3. The molecule has 0 aliphatic heterocycles. The summed E-state index contributed by atoms with van der Waals surface area (Å²) in [7, 11) is 0. The molecule has 18 heavy (non-hydrogen) atoms. The first-order valence-electron chi connectivity index (χ1n) is 5.66. The highest BCUT2D eigenvalue weighted by atomic mass is 32.2. The molecule has 2 aromatic heterocycles. The van der Waals surface area contributed by atoms with E-state index in [1.54, 1.807) is 11.4 Å². The number of carbonyl (C=O) groups is 1. The number of hydrogen-bond donors (Lipinski definition) is 0. The van der Waals surface area contributed by atoms with Crippen LogP contribution in [0.4, 0.5) is 0 Å². The van der Waals surface area contributed by atoms with Crippen molar-refractivity contribution in [1.82, 2.24) is 14.6 Å². The highest BCUT2D eigenvalue weighted by molar-refractivity contribution is 7.98. The Kier molecular flexibility index (Phi) is 3.56. The van der Waals surface area contributed by atoms with E-state index in [1.165, 1.54) is 11.8 Å². The molecule has 0 amide bonds. The average Bonchev–Trinajstić information content (AvgIpc) is 2.68. The molecule has 2 aromatic rings. The van der Waals surface area contributed by atoms with E-state index in [4.69, 9.17) is 4.74 Å². The van der Waals surface area contributed by atoms with Crippen molar-refractivity contribution in [3.8, 4) is 0 Å². The second-order valence-electron chi connectivity index (χ2n) is 3.88. The van der Waals surface area contributed by atoms with E-state index in [2.05, 4.69) is 10.1 Å². The molecule has 0 atom stereocenters. The van der Waals surface area contributed by atoms with Crippen LogP contribution in [0.1, 0.15) is 28.7 Å². The van der Waals surface area contributed by atoms with Crippen molar-refractivity contribution in [3.63, 3.8) is 0 Å². The maximum Gasteiger partial charge on any atom is 0.344 e. The number of hydrogen-bond acceptors (Lipinski definition) is 5. The Morgan fingerprint density at radius 2 is 2.22 bits per heavy atom. The summed E-state index contributed by atoms with van der Waals surface area (Å²) in [4.78, 5) is 16.4. The third kappa shape index (κ3) is 2.08. The lowest BCUT2D eigenvalue weighted by Gasteiger charge is -2.02. The van der Waals surface area contributed by atoms with Gasteiger partial charge in [0.2, 0.25) is 0 Å². The largest absolute Gasteiger partial charge is 0.462 e. The van der Waals surface area contributed by atoms with Crippen molar-refractivity contribution < 1.29 is 9.53 Å². The van der Waals surface area contributed by atoms with Gasteiger partial charge in [0.15, 0.2) is 5.65 Å². The molecule has 0 aliphatic carbocycles. The third-order valence-corrected chi connectivity index (χ3v) is 3.21. The predicted molar refractivity (Wildman–Crippen MR) is 70.2 cm³/mol. The molecule has 0 spiro atoms. The van der Waals surface area contributed by atoms with Crippen molar-refractivity contribution in [2.75, 3.05) is 12.9 Å². The van der Waals surface area contributed by atoms with Crippen LogP contribution < -0.4 is 0 Å². The molecule has 0 radical (unpaired) electrons. The van der Waals surface area contributed by atoms with Gasteiger partial charge in [-0.05, 0) is 33.1 Å². The summed E-state index contributed by atoms with van der Waals surface area (Å²) >= 11 is 1.42. The monoisotopic (exact) mass is 265 g/mol. The van der Waals surface area contributed by atoms with Crippen LogP contribution in [0.15, 0.2) is 11.1 Å². The van der Waals surface area contributed by atoms with Gasteiger partial charge in [-0.3, -0.25) is 0 Å². The second kappa shape index (κ2) is 4.97. The molecule has 0 fully saturated rings. The highest BCUT2D eigenvalue weighted by Gasteiger charge is 2.22. The molecule has 0 saturated carbocycles. The Morgan fingerprint density at radius 3 is 2.83 bits per heavy atom. The first-order valence-corrected chi connectivity index (χ1v) is 6.89. The van der Waals surface area contributed by atoms with Crippen molar-refractivity contribution >= 4 is 23.4 Å². The molecule has 0 aliphatic rings. The number of fused-ring (bicyclic) bond motifs is 1. The van der Waals surface area contributed by atoms with Crippen LogP contribution in [-0.4, -0.2) is 33.4 Å². The molecule has 0 aromatic carbocycles. The van der Waals surface area contributed by atoms with E-state index >= 15 is 0 Å². The molecule has 2 heterocycles. The summed E-state index contributed by atoms with van der Waals surface area (Å²) in [5.74, 6) is -0.366. The maximum absolute atomic E-state index is 12.0. The van der Waals surface area contributed by atoms with Gasteiger partial charge in [0.1, 0.15) is 10.6 Å². The topological polar surface area (TPSA) is 56.5 Å². The highest BCUT2D eigenvalue weighted by Crippen LogP contribution is 2.24. The number of esters is 1. The predicted octanol–water partition coefficient (Wildman–Crippen LogP) is 2.24. The quantitative estimate of drug-likeness (QED) is 0.629. The summed E-state index contributed by atoms with van der Waals surface area (Å²) in [6, 6.07) is 1.93. The van der Waals surface area contributed by atoms with Gasteiger partial charge in [-0.1, -0.05) is 0 Å². The smallest absolute Gasteiger partial charge is 0.344 e.